The molecule has 1 spiro atoms. The zero-order valence-corrected chi connectivity index (χ0v) is 29.7. The fourth-order valence-corrected chi connectivity index (χ4v) is 13.8. The number of epoxide rings is 2. The van der Waals surface area contributed by atoms with Gasteiger partial charge in [-0.15, -0.1) is 0 Å². The first-order chi connectivity index (χ1) is 23.3. The van der Waals surface area contributed by atoms with E-state index in [9.17, 15) is 29.4 Å². The summed E-state index contributed by atoms with van der Waals surface area (Å²) in [5.41, 5.74) is -5.57. The Kier molecular flexibility index (Phi) is 6.43. The number of fused-ring (bicyclic) bond motifs is 9. The zero-order chi connectivity index (χ0) is 36.0. The second-order valence-corrected chi connectivity index (χ2v) is 18.0. The molecule has 0 aromatic carbocycles. The van der Waals surface area contributed by atoms with Gasteiger partial charge in [-0.2, -0.15) is 0 Å². The van der Waals surface area contributed by atoms with E-state index in [1.807, 2.05) is 27.7 Å². The number of hydrogen-bond acceptors (Lipinski definition) is 13. The molecule has 13 heteroatoms. The van der Waals surface area contributed by atoms with Gasteiger partial charge in [0.05, 0.1) is 23.5 Å². The molecule has 0 amide bonds. The van der Waals surface area contributed by atoms with Crippen molar-refractivity contribution in [2.24, 2.45) is 69.5 Å². The summed E-state index contributed by atoms with van der Waals surface area (Å²) < 4.78 is 36.8. The predicted molar refractivity (Wildman–Crippen MR) is 166 cm³/mol. The van der Waals surface area contributed by atoms with Crippen molar-refractivity contribution in [1.82, 2.24) is 0 Å². The quantitative estimate of drug-likeness (QED) is 0.245. The van der Waals surface area contributed by atoms with Crippen LogP contribution in [0.5, 0.6) is 0 Å². The number of hydrogen-bond donors (Lipinski definition) is 2. The van der Waals surface area contributed by atoms with Gasteiger partial charge in [0.2, 0.25) is 5.79 Å². The highest BCUT2D eigenvalue weighted by Gasteiger charge is 2.93. The third-order valence-corrected chi connectivity index (χ3v) is 15.9. The average Bonchev–Trinajstić information content (AvgIpc) is 3.91. The maximum Gasteiger partial charge on any atom is 0.341 e. The van der Waals surface area contributed by atoms with Gasteiger partial charge in [-0.05, 0) is 56.8 Å². The van der Waals surface area contributed by atoms with Crippen molar-refractivity contribution in [3.8, 4) is 0 Å². The van der Waals surface area contributed by atoms with E-state index in [-0.39, 0.29) is 23.7 Å². The van der Waals surface area contributed by atoms with Crippen molar-refractivity contribution in [3.05, 3.63) is 0 Å². The largest absolute Gasteiger partial charge is 0.462 e. The van der Waals surface area contributed by atoms with Crippen LogP contribution in [0.1, 0.15) is 74.7 Å². The molecule has 3 aliphatic heterocycles. The third kappa shape index (κ3) is 3.57. The van der Waals surface area contributed by atoms with E-state index in [1.54, 1.807) is 6.92 Å². The molecule has 13 nitrogen and oxygen atoms in total. The van der Waals surface area contributed by atoms with E-state index < -0.39 is 130 Å². The molecule has 2 N–H and O–H groups in total. The van der Waals surface area contributed by atoms with Gasteiger partial charge in [-0.3, -0.25) is 19.2 Å². The number of carbonyl (C=O) groups is 5. The molecular weight excluding hydrogens is 652 g/mol. The fourth-order valence-electron chi connectivity index (χ4n) is 13.8. The molecule has 6 saturated carbocycles. The summed E-state index contributed by atoms with van der Waals surface area (Å²) in [5, 5.41) is 25.0. The summed E-state index contributed by atoms with van der Waals surface area (Å²) in [7, 11) is 0. The first-order valence-corrected chi connectivity index (χ1v) is 18.4. The van der Waals surface area contributed by atoms with Gasteiger partial charge in [-0.25, -0.2) is 4.79 Å². The van der Waals surface area contributed by atoms with E-state index in [0.717, 1.165) is 0 Å². The molecule has 50 heavy (non-hydrogen) atoms. The molecular formula is C37H48O13. The number of aliphatic hydroxyl groups is 2. The van der Waals surface area contributed by atoms with Crippen LogP contribution >= 0.6 is 0 Å². The fraction of sp³-hybridized carbons (Fsp3) is 0.865. The number of aliphatic hydroxyl groups excluding tert-OH is 1. The minimum absolute atomic E-state index is 0.287. The molecule has 0 unspecified atom stereocenters. The first-order valence-electron chi connectivity index (χ1n) is 18.4. The minimum Gasteiger partial charge on any atom is -0.462 e. The van der Waals surface area contributed by atoms with Crippen LogP contribution in [-0.2, 0) is 52.4 Å². The molecule has 3 heterocycles. The Morgan fingerprint density at radius 3 is 2.10 bits per heavy atom. The van der Waals surface area contributed by atoms with E-state index in [1.165, 1.54) is 20.8 Å². The van der Waals surface area contributed by atoms with Gasteiger partial charge in [-0.1, -0.05) is 27.7 Å². The Labute approximate surface area is 290 Å². The highest BCUT2D eigenvalue weighted by atomic mass is 16.8. The normalized spacial score (nSPS) is 59.2. The molecule has 20 atom stereocenters. The Hall–Kier alpha value is -2.61. The summed E-state index contributed by atoms with van der Waals surface area (Å²) in [6.45, 7) is 13.6. The number of ether oxygens (including phenoxy) is 6. The van der Waals surface area contributed by atoms with E-state index >= 15 is 4.79 Å². The lowest BCUT2D eigenvalue weighted by molar-refractivity contribution is -0.255. The Balaban J connectivity index is 1.27. The molecule has 0 bridgehead atoms. The number of Topliss-reactive ketones (excluding diaryl/α,β-unsaturated/α-hetero) is 1. The van der Waals surface area contributed by atoms with E-state index in [0.29, 0.717) is 19.3 Å². The van der Waals surface area contributed by atoms with Crippen LogP contribution in [0.15, 0.2) is 0 Å². The van der Waals surface area contributed by atoms with Crippen LogP contribution in [0, 0.1) is 69.5 Å². The van der Waals surface area contributed by atoms with Gasteiger partial charge in [0.15, 0.2) is 17.5 Å². The van der Waals surface area contributed by atoms with Gasteiger partial charge >= 0.3 is 23.9 Å². The maximum absolute atomic E-state index is 15.0. The van der Waals surface area contributed by atoms with Crippen molar-refractivity contribution < 1.29 is 62.6 Å². The highest BCUT2D eigenvalue weighted by Crippen LogP contribution is 2.81. The summed E-state index contributed by atoms with van der Waals surface area (Å²) in [6, 6.07) is 0. The monoisotopic (exact) mass is 700 g/mol. The van der Waals surface area contributed by atoms with E-state index in [4.69, 9.17) is 28.4 Å². The lowest BCUT2D eigenvalue weighted by atomic mass is 9.39. The summed E-state index contributed by atoms with van der Waals surface area (Å²) in [5.74, 6) is -9.38. The number of ketones is 1. The van der Waals surface area contributed by atoms with Crippen LogP contribution in [0.2, 0.25) is 0 Å². The third-order valence-electron chi connectivity index (χ3n) is 15.9. The Morgan fingerprint density at radius 1 is 0.840 bits per heavy atom. The predicted octanol–water partition coefficient (Wildman–Crippen LogP) is 1.72. The molecule has 274 valence electrons. The molecule has 0 aromatic rings. The lowest BCUT2D eigenvalue weighted by Crippen LogP contribution is -2.72. The SMILES string of the molecule is CC(=O)O[C@H]1[C@@H](C)[C@H]2[C@H]([C@@H]3[C@@H](O)[C@@H]4[C@H]([C@H](C)[C@H]5O[C@]56OC(=O)[C@@](C)(O)[C@]46C)[C@]31C)[C@@H](OC(=O)C1CC1)C(=O)[C@H]1C[C@@H]3O[C@@H]3[C@H](OC(C)=O)[C@]21C. The Bertz CT molecular complexity index is 1620. The topological polar surface area (TPSA) is 188 Å². The second-order valence-electron chi connectivity index (χ2n) is 18.0. The average molecular weight is 701 g/mol. The van der Waals surface area contributed by atoms with Crippen molar-refractivity contribution in [1.29, 1.82) is 0 Å². The molecule has 6 aliphatic carbocycles. The summed E-state index contributed by atoms with van der Waals surface area (Å²) >= 11 is 0. The molecule has 9 fully saturated rings. The highest BCUT2D eigenvalue weighted by molar-refractivity contribution is 5.91. The standard InChI is InChI=1S/C37H48O13/c1-12-20-19(27(48-31(42)16-9-10-16)24(40)17-11-18-26(47-18)30(33(17,20)5)46-15(4)39)22-25(41)23-21(34(22,6)28(12)45-14(3)38)13(2)29-37(49-29)35(23,7)36(8,44)32(43)50-37/h12-13,16-23,25-30,41,44H,9-11H2,1-8H3/t12-,13-,17+,18-,19+,20-,21-,22+,23-,25+,26-,27+,28-,29+,30-,33-,34+,35-,36+,37-/m0/s1. The molecule has 0 aromatic heterocycles. The Morgan fingerprint density at radius 2 is 1.48 bits per heavy atom. The molecule has 3 saturated heterocycles. The minimum atomic E-state index is -2.04. The maximum atomic E-state index is 15.0. The van der Waals surface area contributed by atoms with Gasteiger partial charge in [0.1, 0.15) is 24.4 Å². The van der Waals surface area contributed by atoms with Crippen molar-refractivity contribution in [2.45, 2.75) is 129 Å². The van der Waals surface area contributed by atoms with Crippen LogP contribution < -0.4 is 0 Å². The molecule has 9 rings (SSSR count). The number of esters is 4. The van der Waals surface area contributed by atoms with Crippen molar-refractivity contribution in [2.75, 3.05) is 0 Å². The summed E-state index contributed by atoms with van der Waals surface area (Å²) in [4.78, 5) is 67.7. The van der Waals surface area contributed by atoms with Crippen molar-refractivity contribution >= 4 is 29.7 Å². The molecule has 0 radical (unpaired) electrons. The van der Waals surface area contributed by atoms with Crippen molar-refractivity contribution in [3.63, 3.8) is 0 Å². The second kappa shape index (κ2) is 9.68. The first kappa shape index (κ1) is 33.2. The number of carbonyl (C=O) groups excluding carboxylic acids is 5. The van der Waals surface area contributed by atoms with Crippen LogP contribution in [-0.4, -0.2) is 94.0 Å². The number of rotatable bonds is 4. The zero-order valence-electron chi connectivity index (χ0n) is 29.7. The lowest BCUT2D eigenvalue weighted by Gasteiger charge is -2.66. The van der Waals surface area contributed by atoms with Crippen LogP contribution in [0.3, 0.4) is 0 Å². The van der Waals surface area contributed by atoms with Gasteiger partial charge in [0, 0.05) is 48.3 Å². The van der Waals surface area contributed by atoms with Gasteiger partial charge in [0.25, 0.3) is 0 Å². The smallest absolute Gasteiger partial charge is 0.341 e. The molecule has 9 aliphatic rings. The van der Waals surface area contributed by atoms with E-state index in [2.05, 4.69) is 0 Å². The van der Waals surface area contributed by atoms with Gasteiger partial charge < -0.3 is 38.6 Å². The summed E-state index contributed by atoms with van der Waals surface area (Å²) in [6.07, 6.45) is -3.76. The van der Waals surface area contributed by atoms with Crippen LogP contribution in [0.25, 0.3) is 0 Å². The van der Waals surface area contributed by atoms with Crippen LogP contribution in [0.4, 0.5) is 0 Å².